The summed E-state index contributed by atoms with van der Waals surface area (Å²) in [5, 5.41) is 4.76. The summed E-state index contributed by atoms with van der Waals surface area (Å²) < 4.78 is 22.4. The number of carbonyl (C=O) groups is 1. The topological polar surface area (TPSA) is 109 Å². The van der Waals surface area contributed by atoms with Crippen LogP contribution in [0, 0.1) is 5.82 Å². The van der Waals surface area contributed by atoms with Gasteiger partial charge in [-0.25, -0.2) is 13.9 Å². The number of halogens is 2. The van der Waals surface area contributed by atoms with Crippen LogP contribution in [0.25, 0.3) is 28.1 Å². The summed E-state index contributed by atoms with van der Waals surface area (Å²) in [4.78, 5) is 36.2. The number of aromatic nitrogens is 5. The van der Waals surface area contributed by atoms with E-state index in [0.29, 0.717) is 35.4 Å². The zero-order valence-electron chi connectivity index (χ0n) is 20.2. The Labute approximate surface area is 224 Å². The molecule has 38 heavy (non-hydrogen) atoms. The molecule has 11 heteroatoms. The van der Waals surface area contributed by atoms with Crippen LogP contribution in [0.15, 0.2) is 76.3 Å². The molecule has 3 aromatic heterocycles. The highest BCUT2D eigenvalue weighted by Crippen LogP contribution is 2.37. The molecule has 1 aliphatic rings. The molecular formula is C27H22BrFN6O3. The van der Waals surface area contributed by atoms with Crippen LogP contribution in [0.2, 0.25) is 0 Å². The number of hydrogen-bond acceptors (Lipinski definition) is 5. The third kappa shape index (κ3) is 4.54. The molecule has 0 spiro atoms. The van der Waals surface area contributed by atoms with Gasteiger partial charge in [0.2, 0.25) is 0 Å². The van der Waals surface area contributed by atoms with Crippen LogP contribution in [0.1, 0.15) is 24.3 Å². The Kier molecular flexibility index (Phi) is 6.16. The van der Waals surface area contributed by atoms with E-state index in [0.717, 1.165) is 27.4 Å². The molecule has 6 rings (SSSR count). The van der Waals surface area contributed by atoms with Crippen LogP contribution >= 0.6 is 15.9 Å². The second-order valence-corrected chi connectivity index (χ2v) is 10.0. The fourth-order valence-electron chi connectivity index (χ4n) is 4.64. The van der Waals surface area contributed by atoms with Crippen molar-refractivity contribution in [2.75, 3.05) is 6.54 Å². The number of ether oxygens (including phenoxy) is 1. The quantitative estimate of drug-likeness (QED) is 0.309. The molecule has 0 aliphatic carbocycles. The van der Waals surface area contributed by atoms with Crippen molar-refractivity contribution in [3.8, 4) is 17.1 Å². The highest BCUT2D eigenvalue weighted by Gasteiger charge is 2.40. The molecule has 1 saturated heterocycles. The molecule has 9 nitrogen and oxygen atoms in total. The lowest BCUT2D eigenvalue weighted by atomic mass is 10.1. The number of hydrogen-bond donors (Lipinski definition) is 2. The average molecular weight is 577 g/mol. The van der Waals surface area contributed by atoms with E-state index in [1.165, 1.54) is 6.07 Å². The Morgan fingerprint density at radius 2 is 1.84 bits per heavy atom. The van der Waals surface area contributed by atoms with Crippen LogP contribution in [-0.2, 0) is 16.0 Å². The summed E-state index contributed by atoms with van der Waals surface area (Å²) in [5.41, 5.74) is 4.55. The number of rotatable bonds is 6. The fourth-order valence-corrected chi connectivity index (χ4v) is 4.90. The number of carbonyl (C=O) groups excluding carboxylic acids is 1. The molecule has 2 N–H and O–H groups in total. The van der Waals surface area contributed by atoms with E-state index in [1.54, 1.807) is 22.6 Å². The maximum absolute atomic E-state index is 13.6. The Morgan fingerprint density at radius 1 is 1.05 bits per heavy atom. The van der Waals surface area contributed by atoms with Crippen molar-refractivity contribution in [2.45, 2.75) is 25.7 Å². The molecule has 5 aromatic rings. The Bertz CT molecular complexity index is 1690. The van der Waals surface area contributed by atoms with Gasteiger partial charge in [-0.3, -0.25) is 9.78 Å². The van der Waals surface area contributed by atoms with E-state index in [4.69, 9.17) is 9.84 Å². The highest BCUT2D eigenvalue weighted by molar-refractivity contribution is 9.10. The zero-order valence-corrected chi connectivity index (χ0v) is 21.8. The number of nitrogens with one attached hydrogen (secondary N) is 2. The summed E-state index contributed by atoms with van der Waals surface area (Å²) in [7, 11) is 0. The summed E-state index contributed by atoms with van der Waals surface area (Å²) in [6, 6.07) is 16.2. The number of fused-ring (bicyclic) bond motifs is 1. The molecule has 0 bridgehead atoms. The van der Waals surface area contributed by atoms with Gasteiger partial charge in [-0.1, -0.05) is 22.0 Å². The number of benzene rings is 2. The highest BCUT2D eigenvalue weighted by atomic mass is 79.9. The minimum absolute atomic E-state index is 0.138. The Hall–Kier alpha value is -4.09. The van der Waals surface area contributed by atoms with Gasteiger partial charge in [-0.05, 0) is 67.4 Å². The summed E-state index contributed by atoms with van der Waals surface area (Å²) >= 11 is 3.45. The van der Waals surface area contributed by atoms with E-state index in [2.05, 4.69) is 30.9 Å². The first-order valence-corrected chi connectivity index (χ1v) is 12.8. The van der Waals surface area contributed by atoms with E-state index >= 15 is 0 Å². The van der Waals surface area contributed by atoms with Crippen LogP contribution in [0.4, 0.5) is 4.39 Å². The van der Waals surface area contributed by atoms with Gasteiger partial charge in [-0.15, -0.1) is 0 Å². The second kappa shape index (κ2) is 9.66. The van der Waals surface area contributed by atoms with Crippen molar-refractivity contribution in [1.29, 1.82) is 0 Å². The minimum Gasteiger partial charge on any atom is -0.341 e. The first-order valence-electron chi connectivity index (χ1n) is 12.0. The summed E-state index contributed by atoms with van der Waals surface area (Å²) in [5.74, 6) is -0.591. The molecule has 0 radical (unpaired) electrons. The Morgan fingerprint density at radius 3 is 2.61 bits per heavy atom. The SMILES string of the molecule is C[C@@H]1O[C@H](c2cn(-c3ccc(Br)cc3)nc2-c2ccc(F)cn2)N(CCc2ccc3[nH]c(=O)[nH]c3c2)C1=O. The predicted octanol–water partition coefficient (Wildman–Crippen LogP) is 4.49. The third-order valence-electron chi connectivity index (χ3n) is 6.54. The van der Waals surface area contributed by atoms with E-state index < -0.39 is 18.1 Å². The van der Waals surface area contributed by atoms with Gasteiger partial charge in [0.25, 0.3) is 5.91 Å². The third-order valence-corrected chi connectivity index (χ3v) is 7.07. The number of pyridine rings is 1. The lowest BCUT2D eigenvalue weighted by Crippen LogP contribution is -2.32. The molecule has 192 valence electrons. The predicted molar refractivity (Wildman–Crippen MR) is 142 cm³/mol. The van der Waals surface area contributed by atoms with Gasteiger partial charge in [0.1, 0.15) is 17.6 Å². The second-order valence-electron chi connectivity index (χ2n) is 9.09. The van der Waals surface area contributed by atoms with Crippen LogP contribution in [-0.4, -0.2) is 48.2 Å². The number of nitrogens with zero attached hydrogens (tertiary/aromatic N) is 4. The molecule has 2 atom stereocenters. The largest absolute Gasteiger partial charge is 0.341 e. The number of imidazole rings is 1. The smallest absolute Gasteiger partial charge is 0.323 e. The molecular weight excluding hydrogens is 555 g/mol. The standard InChI is InChI=1S/C27H22BrFN6O3/c1-15-25(36)34(11-10-16-2-8-21-23(12-16)32-27(37)31-21)26(38-15)20-14-35(19-6-3-17(28)4-7-19)33-24(20)22-9-5-18(29)13-30-22/h2-9,12-15,26H,10-11H2,1H3,(H2,31,32,37)/t15-,26+/m0/s1. The molecule has 0 saturated carbocycles. The minimum atomic E-state index is -0.709. The van der Waals surface area contributed by atoms with Gasteiger partial charge in [0.15, 0.2) is 6.23 Å². The molecule has 0 unspecified atom stereocenters. The molecule has 4 heterocycles. The van der Waals surface area contributed by atoms with Crippen LogP contribution in [0.3, 0.4) is 0 Å². The van der Waals surface area contributed by atoms with Gasteiger partial charge in [0, 0.05) is 22.8 Å². The van der Waals surface area contributed by atoms with Gasteiger partial charge in [0.05, 0.1) is 28.6 Å². The maximum Gasteiger partial charge on any atom is 0.323 e. The average Bonchev–Trinajstić information content (AvgIpc) is 3.58. The van der Waals surface area contributed by atoms with Crippen LogP contribution < -0.4 is 5.69 Å². The van der Waals surface area contributed by atoms with Crippen molar-refractivity contribution >= 4 is 32.9 Å². The first-order chi connectivity index (χ1) is 18.4. The Balaban J connectivity index is 1.36. The lowest BCUT2D eigenvalue weighted by Gasteiger charge is -2.23. The number of H-pyrrole nitrogens is 2. The van der Waals surface area contributed by atoms with E-state index in [9.17, 15) is 14.0 Å². The summed E-state index contributed by atoms with van der Waals surface area (Å²) in [6.07, 6.45) is 2.16. The fraction of sp³-hybridized carbons (Fsp3) is 0.185. The monoisotopic (exact) mass is 576 g/mol. The number of aromatic amines is 2. The summed E-state index contributed by atoms with van der Waals surface area (Å²) in [6.45, 7) is 2.11. The first kappa shape index (κ1) is 24.3. The van der Waals surface area contributed by atoms with Gasteiger partial charge >= 0.3 is 5.69 Å². The van der Waals surface area contributed by atoms with Crippen molar-refractivity contribution in [3.05, 3.63) is 98.9 Å². The van der Waals surface area contributed by atoms with E-state index in [1.807, 2.05) is 48.7 Å². The molecule has 1 aliphatic heterocycles. The van der Waals surface area contributed by atoms with Gasteiger partial charge < -0.3 is 19.6 Å². The number of amides is 1. The van der Waals surface area contributed by atoms with Gasteiger partial charge in [-0.2, -0.15) is 5.10 Å². The van der Waals surface area contributed by atoms with Crippen molar-refractivity contribution < 1.29 is 13.9 Å². The lowest BCUT2D eigenvalue weighted by molar-refractivity contribution is -0.130. The molecule has 2 aromatic carbocycles. The normalized spacial score (nSPS) is 17.6. The van der Waals surface area contributed by atoms with Crippen LogP contribution in [0.5, 0.6) is 0 Å². The maximum atomic E-state index is 13.6. The molecule has 1 amide bonds. The van der Waals surface area contributed by atoms with Crippen molar-refractivity contribution in [2.24, 2.45) is 0 Å². The van der Waals surface area contributed by atoms with E-state index in [-0.39, 0.29) is 11.6 Å². The van der Waals surface area contributed by atoms with Crippen molar-refractivity contribution in [1.82, 2.24) is 29.6 Å². The molecule has 1 fully saturated rings. The van der Waals surface area contributed by atoms with Crippen molar-refractivity contribution in [3.63, 3.8) is 0 Å². The zero-order chi connectivity index (χ0) is 26.4.